The first-order chi connectivity index (χ1) is 16.8. The average molecular weight is 528 g/mol. The Morgan fingerprint density at radius 3 is 1.89 bits per heavy atom. The molecule has 0 N–H and O–H groups in total. The molecule has 0 amide bonds. The predicted molar refractivity (Wildman–Crippen MR) is 146 cm³/mol. The van der Waals surface area contributed by atoms with Gasteiger partial charge in [0.1, 0.15) is 0 Å². The summed E-state index contributed by atoms with van der Waals surface area (Å²) in [7, 11) is -3.41. The van der Waals surface area contributed by atoms with Gasteiger partial charge in [-0.25, -0.2) is 8.42 Å². The molecule has 0 aliphatic carbocycles. The Hall–Kier alpha value is -2.31. The molecule has 5 rings (SSSR count). The third-order valence-corrected chi connectivity index (χ3v) is 8.57. The number of hydrogen-bond acceptors (Lipinski definition) is 4. The highest BCUT2D eigenvalue weighted by Gasteiger charge is 2.34. The molecule has 7 heteroatoms. The van der Waals surface area contributed by atoms with E-state index in [1.54, 1.807) is 0 Å². The van der Waals surface area contributed by atoms with E-state index in [9.17, 15) is 8.42 Å². The van der Waals surface area contributed by atoms with Crippen molar-refractivity contribution in [3.05, 3.63) is 105 Å². The van der Waals surface area contributed by atoms with Gasteiger partial charge in [-0.3, -0.25) is 4.90 Å². The van der Waals surface area contributed by atoms with E-state index in [1.807, 2.05) is 66.7 Å². The van der Waals surface area contributed by atoms with Crippen molar-refractivity contribution in [1.29, 1.82) is 0 Å². The number of nitrogens with zero attached hydrogens (tertiary/aromatic N) is 2. The molecule has 0 unspecified atom stereocenters. The Labute approximate surface area is 217 Å². The fourth-order valence-electron chi connectivity index (χ4n) is 5.17. The van der Waals surface area contributed by atoms with Gasteiger partial charge in [-0.05, 0) is 71.5 Å². The number of hydrogen-bond donors (Lipinski definition) is 0. The van der Waals surface area contributed by atoms with Crippen molar-refractivity contribution >= 4 is 43.6 Å². The van der Waals surface area contributed by atoms with Gasteiger partial charge >= 0.3 is 0 Å². The molecular weight excluding hydrogens is 499 g/mol. The summed E-state index contributed by atoms with van der Waals surface area (Å²) < 4.78 is 25.9. The molecule has 35 heavy (non-hydrogen) atoms. The first kappa shape index (κ1) is 24.4. The second kappa shape index (κ2) is 9.98. The molecule has 2 heterocycles. The van der Waals surface area contributed by atoms with Gasteiger partial charge in [0.2, 0.25) is 0 Å². The predicted octanol–water partition coefficient (Wildman–Crippen LogP) is 6.45. The zero-order valence-electron chi connectivity index (χ0n) is 19.6. The monoisotopic (exact) mass is 526 g/mol. The van der Waals surface area contributed by atoms with Gasteiger partial charge < -0.3 is 4.90 Å². The van der Waals surface area contributed by atoms with Crippen molar-refractivity contribution in [1.82, 2.24) is 4.90 Å². The molecule has 2 fully saturated rings. The molecule has 182 valence electrons. The van der Waals surface area contributed by atoms with Crippen molar-refractivity contribution in [2.75, 3.05) is 37.3 Å². The standard InChI is InChI=1S/C28H28Cl2N2O2S/c1-35(33,34)28(22-5-4-6-26(17-22)31-15-2-3-16-31)23-18-32(19-23)27(20-7-11-24(29)12-8-20)21-9-13-25(30)14-10-21/h4-14,17,27H,2-3,15-16,18-19H2,1H3. The lowest BCUT2D eigenvalue weighted by Crippen LogP contribution is -2.44. The second-order valence-electron chi connectivity index (χ2n) is 9.36. The summed E-state index contributed by atoms with van der Waals surface area (Å²) in [5.41, 5.74) is 5.03. The maximum absolute atomic E-state index is 13.0. The van der Waals surface area contributed by atoms with Gasteiger partial charge in [-0.2, -0.15) is 0 Å². The van der Waals surface area contributed by atoms with E-state index in [2.05, 4.69) is 15.9 Å². The number of anilines is 1. The SMILES string of the molecule is CS(=O)(=O)C(=C1CN(C(c2ccc(Cl)cc2)c2ccc(Cl)cc2)C1)c1cccc(N2CCCC2)c1. The first-order valence-electron chi connectivity index (χ1n) is 11.8. The fourth-order valence-corrected chi connectivity index (χ4v) is 6.63. The number of halogens is 2. The number of sulfone groups is 1. The van der Waals surface area contributed by atoms with Gasteiger partial charge in [-0.1, -0.05) is 59.6 Å². The van der Waals surface area contributed by atoms with Crippen LogP contribution in [0.4, 0.5) is 5.69 Å². The molecule has 0 spiro atoms. The largest absolute Gasteiger partial charge is 0.372 e. The summed E-state index contributed by atoms with van der Waals surface area (Å²) >= 11 is 12.3. The van der Waals surface area contributed by atoms with Crippen LogP contribution in [0.25, 0.3) is 4.91 Å². The molecule has 4 nitrogen and oxygen atoms in total. The van der Waals surface area contributed by atoms with Gasteiger partial charge in [0.15, 0.2) is 9.84 Å². The summed E-state index contributed by atoms with van der Waals surface area (Å²) in [6.45, 7) is 3.19. The van der Waals surface area contributed by atoms with Crippen LogP contribution in [0.3, 0.4) is 0 Å². The Bertz CT molecular complexity index is 1290. The van der Waals surface area contributed by atoms with E-state index in [4.69, 9.17) is 23.2 Å². The summed E-state index contributed by atoms with van der Waals surface area (Å²) in [6, 6.07) is 23.6. The summed E-state index contributed by atoms with van der Waals surface area (Å²) in [6.07, 6.45) is 3.67. The topological polar surface area (TPSA) is 40.6 Å². The van der Waals surface area contributed by atoms with Gasteiger partial charge in [0.05, 0.1) is 10.9 Å². The Kier molecular flexibility index (Phi) is 6.95. The maximum atomic E-state index is 13.0. The summed E-state index contributed by atoms with van der Waals surface area (Å²) in [5.74, 6) is 0. The highest BCUT2D eigenvalue weighted by Crippen LogP contribution is 2.39. The average Bonchev–Trinajstić information content (AvgIpc) is 3.34. The van der Waals surface area contributed by atoms with Crippen LogP contribution in [0.2, 0.25) is 10.0 Å². The van der Waals surface area contributed by atoms with E-state index >= 15 is 0 Å². The molecule has 3 aromatic rings. The molecule has 3 aromatic carbocycles. The summed E-state index contributed by atoms with van der Waals surface area (Å²) in [4.78, 5) is 5.08. The van der Waals surface area contributed by atoms with E-state index in [0.29, 0.717) is 28.0 Å². The van der Waals surface area contributed by atoms with Gasteiger partial charge in [0.25, 0.3) is 0 Å². The van der Waals surface area contributed by atoms with E-state index in [-0.39, 0.29) is 6.04 Å². The third kappa shape index (κ3) is 5.29. The van der Waals surface area contributed by atoms with Gasteiger partial charge in [0, 0.05) is 48.2 Å². The lowest BCUT2D eigenvalue weighted by Gasteiger charge is -2.42. The number of rotatable bonds is 6. The quantitative estimate of drug-likeness (QED) is 0.369. The van der Waals surface area contributed by atoms with Gasteiger partial charge in [-0.15, -0.1) is 0 Å². The lowest BCUT2D eigenvalue weighted by molar-refractivity contribution is 0.203. The zero-order valence-corrected chi connectivity index (χ0v) is 22.0. The van der Waals surface area contributed by atoms with Crippen LogP contribution < -0.4 is 4.90 Å². The molecule has 0 saturated carbocycles. The van der Waals surface area contributed by atoms with Crippen LogP contribution in [0.1, 0.15) is 35.6 Å². The van der Waals surface area contributed by atoms with E-state index in [1.165, 1.54) is 19.1 Å². The van der Waals surface area contributed by atoms with Crippen LogP contribution >= 0.6 is 23.2 Å². The van der Waals surface area contributed by atoms with Crippen molar-refractivity contribution < 1.29 is 8.42 Å². The molecule has 0 aromatic heterocycles. The normalized spacial score (nSPS) is 16.6. The summed E-state index contributed by atoms with van der Waals surface area (Å²) in [5, 5.41) is 1.37. The van der Waals surface area contributed by atoms with E-state index in [0.717, 1.165) is 41.0 Å². The lowest BCUT2D eigenvalue weighted by atomic mass is 9.92. The zero-order chi connectivity index (χ0) is 24.6. The minimum Gasteiger partial charge on any atom is -0.372 e. The fraction of sp³-hybridized carbons (Fsp3) is 0.286. The Balaban J connectivity index is 1.49. The Morgan fingerprint density at radius 1 is 0.829 bits per heavy atom. The van der Waals surface area contributed by atoms with E-state index < -0.39 is 9.84 Å². The smallest absolute Gasteiger partial charge is 0.176 e. The molecule has 0 radical (unpaired) electrons. The minimum absolute atomic E-state index is 0.0231. The minimum atomic E-state index is -3.41. The van der Waals surface area contributed by atoms with Crippen molar-refractivity contribution in [2.45, 2.75) is 18.9 Å². The van der Waals surface area contributed by atoms with Crippen molar-refractivity contribution in [2.24, 2.45) is 0 Å². The van der Waals surface area contributed by atoms with Crippen LogP contribution in [-0.4, -0.2) is 45.8 Å². The van der Waals surface area contributed by atoms with Crippen LogP contribution in [0, 0.1) is 0 Å². The highest BCUT2D eigenvalue weighted by atomic mass is 35.5. The number of likely N-dealkylation sites (tertiary alicyclic amines) is 1. The van der Waals surface area contributed by atoms with Crippen molar-refractivity contribution in [3.8, 4) is 0 Å². The van der Waals surface area contributed by atoms with Crippen LogP contribution in [0.15, 0.2) is 78.4 Å². The number of benzene rings is 3. The molecule has 0 atom stereocenters. The van der Waals surface area contributed by atoms with Crippen molar-refractivity contribution in [3.63, 3.8) is 0 Å². The molecule has 2 aliphatic rings. The second-order valence-corrected chi connectivity index (χ2v) is 12.2. The third-order valence-electron chi connectivity index (χ3n) is 6.80. The Morgan fingerprint density at radius 2 is 1.37 bits per heavy atom. The highest BCUT2D eigenvalue weighted by molar-refractivity contribution is 8.00. The molecule has 0 bridgehead atoms. The molecule has 2 saturated heterocycles. The maximum Gasteiger partial charge on any atom is 0.176 e. The molecular formula is C28H28Cl2N2O2S. The molecule has 2 aliphatic heterocycles. The first-order valence-corrected chi connectivity index (χ1v) is 14.5. The van der Waals surface area contributed by atoms with Crippen LogP contribution in [-0.2, 0) is 9.84 Å². The van der Waals surface area contributed by atoms with Crippen LogP contribution in [0.5, 0.6) is 0 Å².